The molecule has 0 bridgehead atoms. The molecule has 29 heavy (non-hydrogen) atoms. The van der Waals surface area contributed by atoms with Gasteiger partial charge in [-0.05, 0) is 56.6 Å². The number of hydrogen-bond acceptors (Lipinski definition) is 3. The summed E-state index contributed by atoms with van der Waals surface area (Å²) in [5, 5.41) is 3.05. The van der Waals surface area contributed by atoms with Crippen LogP contribution in [-0.2, 0) is 25.4 Å². The molecule has 0 saturated carbocycles. The number of imidazole rings is 1. The van der Waals surface area contributed by atoms with Crippen molar-refractivity contribution in [2.45, 2.75) is 26.3 Å². The van der Waals surface area contributed by atoms with Crippen molar-refractivity contribution in [3.8, 4) is 0 Å². The lowest BCUT2D eigenvalue weighted by molar-refractivity contribution is -0.121. The van der Waals surface area contributed by atoms with Crippen LogP contribution >= 0.6 is 0 Å². The van der Waals surface area contributed by atoms with Crippen LogP contribution < -0.4 is 11.0 Å². The molecular formula is C23H28N4O2. The third-order valence-corrected chi connectivity index (χ3v) is 5.99. The standard InChI is InChI=1S/C23H28N4O2/c1-16-5-4-6-17(13-16)15-27-11-9-18(10-12-27)22(28)24-19-7-8-20-21(14-19)26(3)23(29)25(20)2/h4-8,13-14,18H,9-12,15H2,1-3H3,(H,24,28). The molecule has 0 radical (unpaired) electrons. The van der Waals surface area contributed by atoms with E-state index in [2.05, 4.69) is 41.4 Å². The normalized spacial score (nSPS) is 15.7. The van der Waals surface area contributed by atoms with Gasteiger partial charge in [-0.1, -0.05) is 29.8 Å². The lowest BCUT2D eigenvalue weighted by Crippen LogP contribution is -2.37. The van der Waals surface area contributed by atoms with Crippen LogP contribution in [0.4, 0.5) is 5.69 Å². The van der Waals surface area contributed by atoms with Gasteiger partial charge in [-0.2, -0.15) is 0 Å². The van der Waals surface area contributed by atoms with E-state index in [4.69, 9.17) is 0 Å². The maximum absolute atomic E-state index is 12.8. The van der Waals surface area contributed by atoms with E-state index in [1.807, 2.05) is 18.2 Å². The van der Waals surface area contributed by atoms with Crippen molar-refractivity contribution in [3.63, 3.8) is 0 Å². The minimum absolute atomic E-state index is 0.0269. The summed E-state index contributed by atoms with van der Waals surface area (Å²) in [5.41, 5.74) is 4.97. The Morgan fingerprint density at radius 3 is 2.48 bits per heavy atom. The van der Waals surface area contributed by atoms with Crippen LogP contribution in [0.5, 0.6) is 0 Å². The number of likely N-dealkylation sites (tertiary alicyclic amines) is 1. The maximum Gasteiger partial charge on any atom is 0.328 e. The highest BCUT2D eigenvalue weighted by molar-refractivity contribution is 5.94. The Hall–Kier alpha value is -2.86. The average Bonchev–Trinajstić information content (AvgIpc) is 2.92. The molecule has 2 heterocycles. The van der Waals surface area contributed by atoms with Crippen molar-refractivity contribution < 1.29 is 4.79 Å². The van der Waals surface area contributed by atoms with Crippen molar-refractivity contribution in [2.24, 2.45) is 20.0 Å². The van der Waals surface area contributed by atoms with Crippen molar-refractivity contribution >= 4 is 22.6 Å². The Balaban J connectivity index is 1.37. The second kappa shape index (κ2) is 7.87. The molecule has 1 fully saturated rings. The van der Waals surface area contributed by atoms with Gasteiger partial charge in [-0.3, -0.25) is 18.8 Å². The summed E-state index contributed by atoms with van der Waals surface area (Å²) in [6.07, 6.45) is 1.73. The molecule has 3 aromatic rings. The lowest BCUT2D eigenvalue weighted by Gasteiger charge is -2.31. The molecule has 2 aromatic carbocycles. The van der Waals surface area contributed by atoms with E-state index in [1.165, 1.54) is 11.1 Å². The fourth-order valence-electron chi connectivity index (χ4n) is 4.25. The summed E-state index contributed by atoms with van der Waals surface area (Å²) in [6.45, 7) is 4.91. The summed E-state index contributed by atoms with van der Waals surface area (Å²) >= 11 is 0. The highest BCUT2D eigenvalue weighted by atomic mass is 16.2. The molecule has 0 atom stereocenters. The Labute approximate surface area is 170 Å². The molecule has 0 spiro atoms. The molecule has 1 aromatic heterocycles. The summed E-state index contributed by atoms with van der Waals surface area (Å²) in [5.74, 6) is 0.0968. The van der Waals surface area contributed by atoms with Gasteiger partial charge in [0.2, 0.25) is 5.91 Å². The third kappa shape index (κ3) is 3.98. The van der Waals surface area contributed by atoms with Gasteiger partial charge in [-0.15, -0.1) is 0 Å². The number of nitrogens with zero attached hydrogens (tertiary/aromatic N) is 3. The first kappa shape index (κ1) is 19.5. The van der Waals surface area contributed by atoms with Crippen molar-refractivity contribution in [3.05, 3.63) is 64.1 Å². The van der Waals surface area contributed by atoms with Crippen LogP contribution in [0.3, 0.4) is 0 Å². The first-order valence-electron chi connectivity index (χ1n) is 10.2. The van der Waals surface area contributed by atoms with Crippen LogP contribution in [-0.4, -0.2) is 33.0 Å². The molecule has 6 heteroatoms. The Morgan fingerprint density at radius 1 is 1.03 bits per heavy atom. The highest BCUT2D eigenvalue weighted by Crippen LogP contribution is 2.23. The SMILES string of the molecule is Cc1cccc(CN2CCC(C(=O)Nc3ccc4c(c3)n(C)c(=O)n4C)CC2)c1. The monoisotopic (exact) mass is 392 g/mol. The quantitative estimate of drug-likeness (QED) is 0.742. The third-order valence-electron chi connectivity index (χ3n) is 5.99. The number of benzene rings is 2. The van der Waals surface area contributed by atoms with Gasteiger partial charge < -0.3 is 5.32 Å². The van der Waals surface area contributed by atoms with Gasteiger partial charge in [0.15, 0.2) is 0 Å². The zero-order chi connectivity index (χ0) is 20.5. The minimum Gasteiger partial charge on any atom is -0.326 e. The Kier molecular flexibility index (Phi) is 5.28. The zero-order valence-corrected chi connectivity index (χ0v) is 17.3. The van der Waals surface area contributed by atoms with Crippen LogP contribution in [0.2, 0.25) is 0 Å². The molecule has 1 aliphatic rings. The number of rotatable bonds is 4. The first-order chi connectivity index (χ1) is 13.9. The van der Waals surface area contributed by atoms with Crippen LogP contribution in [0.15, 0.2) is 47.3 Å². The molecule has 6 nitrogen and oxygen atoms in total. The smallest absolute Gasteiger partial charge is 0.326 e. The largest absolute Gasteiger partial charge is 0.328 e. The Bertz CT molecular complexity index is 1100. The van der Waals surface area contributed by atoms with Crippen molar-refractivity contribution in [1.82, 2.24) is 14.0 Å². The number of anilines is 1. The first-order valence-corrected chi connectivity index (χ1v) is 10.2. The summed E-state index contributed by atoms with van der Waals surface area (Å²) in [7, 11) is 3.51. The lowest BCUT2D eigenvalue weighted by atomic mass is 9.95. The molecule has 1 N–H and O–H groups in total. The van der Waals surface area contributed by atoms with Gasteiger partial charge >= 0.3 is 5.69 Å². The van der Waals surface area contributed by atoms with Crippen molar-refractivity contribution in [2.75, 3.05) is 18.4 Å². The van der Waals surface area contributed by atoms with Gasteiger partial charge in [-0.25, -0.2) is 4.79 Å². The summed E-state index contributed by atoms with van der Waals surface area (Å²) in [6, 6.07) is 14.2. The minimum atomic E-state index is -0.0653. The zero-order valence-electron chi connectivity index (χ0n) is 17.3. The van der Waals surface area contributed by atoms with Crippen molar-refractivity contribution in [1.29, 1.82) is 0 Å². The number of carbonyl (C=O) groups excluding carboxylic acids is 1. The fraction of sp³-hybridized carbons (Fsp3) is 0.391. The molecule has 4 rings (SSSR count). The van der Waals surface area contributed by atoms with Crippen LogP contribution in [0.25, 0.3) is 11.0 Å². The van der Waals surface area contributed by atoms with E-state index in [1.54, 1.807) is 23.2 Å². The molecule has 1 aliphatic heterocycles. The van der Waals surface area contributed by atoms with Gasteiger partial charge in [0.05, 0.1) is 11.0 Å². The van der Waals surface area contributed by atoms with E-state index in [0.29, 0.717) is 0 Å². The Morgan fingerprint density at radius 2 is 1.76 bits per heavy atom. The number of fused-ring (bicyclic) bond motifs is 1. The van der Waals surface area contributed by atoms with Crippen LogP contribution in [0.1, 0.15) is 24.0 Å². The predicted molar refractivity (Wildman–Crippen MR) is 116 cm³/mol. The summed E-state index contributed by atoms with van der Waals surface area (Å²) < 4.78 is 3.22. The molecular weight excluding hydrogens is 364 g/mol. The number of aromatic nitrogens is 2. The second-order valence-electron chi connectivity index (χ2n) is 8.13. The number of amides is 1. The molecule has 1 saturated heterocycles. The molecule has 152 valence electrons. The number of aryl methyl sites for hydroxylation is 3. The molecule has 0 aliphatic carbocycles. The number of hydrogen-bond donors (Lipinski definition) is 1. The number of carbonyl (C=O) groups is 1. The topological polar surface area (TPSA) is 59.3 Å². The van der Waals surface area contributed by atoms with E-state index >= 15 is 0 Å². The van der Waals surface area contributed by atoms with Gasteiger partial charge in [0, 0.05) is 32.2 Å². The number of nitrogens with one attached hydrogen (secondary N) is 1. The molecule has 0 unspecified atom stereocenters. The maximum atomic E-state index is 12.8. The van der Waals surface area contributed by atoms with E-state index < -0.39 is 0 Å². The van der Waals surface area contributed by atoms with Crippen LogP contribution in [0, 0.1) is 12.8 Å². The number of piperidine rings is 1. The highest BCUT2D eigenvalue weighted by Gasteiger charge is 2.25. The van der Waals surface area contributed by atoms with E-state index in [0.717, 1.165) is 49.2 Å². The van der Waals surface area contributed by atoms with Gasteiger partial charge in [0.25, 0.3) is 0 Å². The molecule has 1 amide bonds. The van der Waals surface area contributed by atoms with E-state index in [9.17, 15) is 9.59 Å². The fourth-order valence-corrected chi connectivity index (χ4v) is 4.25. The van der Waals surface area contributed by atoms with E-state index in [-0.39, 0.29) is 17.5 Å². The average molecular weight is 393 g/mol. The second-order valence-corrected chi connectivity index (χ2v) is 8.13. The summed E-state index contributed by atoms with van der Waals surface area (Å²) in [4.78, 5) is 27.3. The van der Waals surface area contributed by atoms with Gasteiger partial charge in [0.1, 0.15) is 0 Å². The predicted octanol–water partition coefficient (Wildman–Crippen LogP) is 3.04.